The average molecular weight is 448 g/mol. The number of aromatic nitrogens is 4. The van der Waals surface area contributed by atoms with Crippen molar-refractivity contribution in [3.05, 3.63) is 65.6 Å². The summed E-state index contributed by atoms with van der Waals surface area (Å²) in [7, 11) is 0. The quantitative estimate of drug-likeness (QED) is 0.348. The van der Waals surface area contributed by atoms with E-state index in [0.29, 0.717) is 30.0 Å². The van der Waals surface area contributed by atoms with Gasteiger partial charge < -0.3 is 10.1 Å². The maximum Gasteiger partial charge on any atom is 0.148 e. The monoisotopic (exact) mass is 447 g/mol. The third-order valence-corrected chi connectivity index (χ3v) is 7.17. The minimum absolute atomic E-state index is 0.209. The first kappa shape index (κ1) is 21.9. The summed E-state index contributed by atoms with van der Waals surface area (Å²) in [4.78, 5) is 17.0. The molecule has 33 heavy (non-hydrogen) atoms. The molecule has 5 rings (SSSR count). The Labute approximate surface area is 192 Å². The van der Waals surface area contributed by atoms with E-state index in [9.17, 15) is 9.50 Å². The molecule has 3 aromatic heterocycles. The second-order valence-electron chi connectivity index (χ2n) is 9.17. The number of H-pyrrole nitrogens is 1. The first-order valence-corrected chi connectivity index (χ1v) is 11.8. The van der Waals surface area contributed by atoms with Crippen molar-refractivity contribution in [3.63, 3.8) is 0 Å². The van der Waals surface area contributed by atoms with E-state index in [1.54, 1.807) is 18.3 Å². The van der Waals surface area contributed by atoms with E-state index >= 15 is 0 Å². The fraction of sp³-hybridized carbons (Fsp3) is 0.423. The molecule has 0 aliphatic heterocycles. The summed E-state index contributed by atoms with van der Waals surface area (Å²) in [6.45, 7) is 4.85. The van der Waals surface area contributed by atoms with E-state index in [4.69, 9.17) is 4.98 Å². The first-order valence-electron chi connectivity index (χ1n) is 11.8. The number of aromatic amines is 1. The lowest BCUT2D eigenvalue weighted by Gasteiger charge is -2.32. The largest absolute Gasteiger partial charge is 0.373 e. The summed E-state index contributed by atoms with van der Waals surface area (Å²) in [6.07, 6.45) is 7.16. The molecule has 3 heterocycles. The van der Waals surface area contributed by atoms with Gasteiger partial charge in [-0.2, -0.15) is 0 Å². The van der Waals surface area contributed by atoms with Gasteiger partial charge in [-0.15, -0.1) is 0 Å². The van der Waals surface area contributed by atoms with Crippen LogP contribution in [0.4, 0.5) is 4.39 Å². The molecule has 7 heteroatoms. The Morgan fingerprint density at radius 1 is 1.12 bits per heavy atom. The van der Waals surface area contributed by atoms with Gasteiger partial charge in [-0.25, -0.2) is 9.37 Å². The lowest BCUT2D eigenvalue weighted by atomic mass is 9.73. The highest BCUT2D eigenvalue weighted by atomic mass is 19.1. The van der Waals surface area contributed by atoms with Gasteiger partial charge in [-0.3, -0.25) is 15.3 Å². The number of rotatable bonds is 6. The van der Waals surface area contributed by atoms with Crippen molar-refractivity contribution in [2.45, 2.75) is 57.6 Å². The molecule has 2 atom stereocenters. The molecule has 1 fully saturated rings. The van der Waals surface area contributed by atoms with Crippen molar-refractivity contribution in [2.75, 3.05) is 6.54 Å². The van der Waals surface area contributed by atoms with Crippen LogP contribution in [0.1, 0.15) is 74.7 Å². The van der Waals surface area contributed by atoms with Crippen LogP contribution in [0.15, 0.2) is 42.7 Å². The van der Waals surface area contributed by atoms with Crippen LogP contribution >= 0.6 is 0 Å². The van der Waals surface area contributed by atoms with E-state index in [2.05, 4.69) is 33.3 Å². The number of fused-ring (bicyclic) bond motifs is 2. The van der Waals surface area contributed by atoms with Crippen LogP contribution in [-0.4, -0.2) is 31.6 Å². The van der Waals surface area contributed by atoms with Gasteiger partial charge in [0.15, 0.2) is 0 Å². The lowest BCUT2D eigenvalue weighted by molar-refractivity contribution is 0.137. The summed E-state index contributed by atoms with van der Waals surface area (Å²) in [6, 6.07) is 8.77. The van der Waals surface area contributed by atoms with Gasteiger partial charge in [-0.05, 0) is 80.0 Å². The summed E-state index contributed by atoms with van der Waals surface area (Å²) in [5, 5.41) is 14.1. The topological polar surface area (TPSA) is 86.7 Å². The van der Waals surface area contributed by atoms with E-state index in [1.165, 1.54) is 11.6 Å². The Hall–Kier alpha value is -2.90. The number of hydrogen-bond acceptors (Lipinski definition) is 5. The highest BCUT2D eigenvalue weighted by Crippen LogP contribution is 2.43. The molecule has 0 spiro atoms. The molecule has 6 nitrogen and oxygen atoms in total. The van der Waals surface area contributed by atoms with Crippen molar-refractivity contribution in [1.29, 1.82) is 0 Å². The molecule has 0 bridgehead atoms. The van der Waals surface area contributed by atoms with Crippen molar-refractivity contribution in [3.8, 4) is 0 Å². The molecule has 1 aliphatic carbocycles. The molecular formula is C26H30FN5O. The van der Waals surface area contributed by atoms with Crippen LogP contribution in [0.5, 0.6) is 0 Å². The van der Waals surface area contributed by atoms with Gasteiger partial charge in [-0.1, -0.05) is 13.8 Å². The van der Waals surface area contributed by atoms with E-state index in [1.807, 2.05) is 19.2 Å². The summed E-state index contributed by atoms with van der Waals surface area (Å²) in [5.74, 6) is 2.02. The summed E-state index contributed by atoms with van der Waals surface area (Å²) < 4.78 is 13.9. The average Bonchev–Trinajstić information content (AvgIpc) is 3.27. The lowest BCUT2D eigenvalue weighted by Crippen LogP contribution is -2.21. The minimum Gasteiger partial charge on any atom is -0.373 e. The SMILES string of the molecule is CCNC(O)c1cc2nc([C@H](C)C3CCC(c4ccnc5ccc(F)cc45)CC3)[nH]c2cn1. The van der Waals surface area contributed by atoms with Gasteiger partial charge in [0.1, 0.15) is 17.9 Å². The second kappa shape index (κ2) is 9.15. The number of pyridine rings is 2. The van der Waals surface area contributed by atoms with Crippen molar-refractivity contribution in [2.24, 2.45) is 5.92 Å². The van der Waals surface area contributed by atoms with E-state index in [-0.39, 0.29) is 5.82 Å². The van der Waals surface area contributed by atoms with E-state index in [0.717, 1.165) is 53.4 Å². The van der Waals surface area contributed by atoms with Crippen LogP contribution in [0.2, 0.25) is 0 Å². The third kappa shape index (κ3) is 4.35. The molecule has 4 aromatic rings. The zero-order chi connectivity index (χ0) is 22.9. The number of aliphatic hydroxyl groups is 1. The van der Waals surface area contributed by atoms with Crippen LogP contribution in [-0.2, 0) is 0 Å². The Morgan fingerprint density at radius 3 is 2.73 bits per heavy atom. The zero-order valence-electron chi connectivity index (χ0n) is 19.1. The summed E-state index contributed by atoms with van der Waals surface area (Å²) >= 11 is 0. The number of imidazole rings is 1. The maximum atomic E-state index is 13.9. The highest BCUT2D eigenvalue weighted by Gasteiger charge is 2.29. The minimum atomic E-state index is -0.787. The number of halogens is 1. The zero-order valence-corrected chi connectivity index (χ0v) is 19.1. The molecule has 1 saturated carbocycles. The van der Waals surface area contributed by atoms with Crippen LogP contribution in [0.25, 0.3) is 21.9 Å². The van der Waals surface area contributed by atoms with Gasteiger partial charge >= 0.3 is 0 Å². The normalized spacial score (nSPS) is 20.8. The molecule has 1 unspecified atom stereocenters. The Kier molecular flexibility index (Phi) is 6.08. The van der Waals surface area contributed by atoms with Crippen LogP contribution in [0.3, 0.4) is 0 Å². The Balaban J connectivity index is 1.30. The van der Waals surface area contributed by atoms with Crippen molar-refractivity contribution >= 4 is 21.9 Å². The predicted molar refractivity (Wildman–Crippen MR) is 127 cm³/mol. The van der Waals surface area contributed by atoms with Gasteiger partial charge in [0.05, 0.1) is 28.4 Å². The predicted octanol–water partition coefficient (Wildman–Crippen LogP) is 5.32. The Morgan fingerprint density at radius 2 is 1.94 bits per heavy atom. The molecule has 0 saturated heterocycles. The molecule has 0 amide bonds. The second-order valence-corrected chi connectivity index (χ2v) is 9.17. The van der Waals surface area contributed by atoms with Gasteiger partial charge in [0, 0.05) is 17.5 Å². The van der Waals surface area contributed by atoms with Gasteiger partial charge in [0.25, 0.3) is 0 Å². The van der Waals surface area contributed by atoms with Crippen molar-refractivity contribution < 1.29 is 9.50 Å². The fourth-order valence-corrected chi connectivity index (χ4v) is 5.26. The van der Waals surface area contributed by atoms with Gasteiger partial charge in [0.2, 0.25) is 0 Å². The number of nitrogens with one attached hydrogen (secondary N) is 2. The number of nitrogens with zero attached hydrogens (tertiary/aromatic N) is 3. The highest BCUT2D eigenvalue weighted by molar-refractivity contribution is 5.82. The maximum absolute atomic E-state index is 13.9. The molecule has 1 aromatic carbocycles. The molecular weight excluding hydrogens is 417 g/mol. The molecule has 172 valence electrons. The fourth-order valence-electron chi connectivity index (χ4n) is 5.26. The smallest absolute Gasteiger partial charge is 0.148 e. The molecule has 3 N–H and O–H groups in total. The van der Waals surface area contributed by atoms with Crippen molar-refractivity contribution in [1.82, 2.24) is 25.3 Å². The number of benzene rings is 1. The molecule has 1 aliphatic rings. The first-order chi connectivity index (χ1) is 16.0. The number of aliphatic hydroxyl groups excluding tert-OH is 1. The molecule has 0 radical (unpaired) electrons. The summed E-state index contributed by atoms with van der Waals surface area (Å²) in [5.41, 5.74) is 4.38. The van der Waals surface area contributed by atoms with E-state index < -0.39 is 6.23 Å². The third-order valence-electron chi connectivity index (χ3n) is 7.17. The standard InChI is InChI=1S/C26H30FN5O/c1-3-28-26(33)23-13-22-24(14-30-23)32-25(31-22)15(2)16-4-6-17(7-5-16)19-10-11-29-21-9-8-18(27)12-20(19)21/h8-17,26,28,33H,3-7H2,1-2H3,(H,31,32)/t15-,16?,17?,26?/m1/s1. The number of hydrogen-bond donors (Lipinski definition) is 3. The van der Waals surface area contributed by atoms with Crippen LogP contribution < -0.4 is 5.32 Å². The van der Waals surface area contributed by atoms with Crippen LogP contribution in [0, 0.1) is 11.7 Å². The Bertz CT molecular complexity index is 1260.